The van der Waals surface area contributed by atoms with E-state index in [1.54, 1.807) is 4.90 Å². The monoisotopic (exact) mass is 330 g/mol. The van der Waals surface area contributed by atoms with E-state index in [2.05, 4.69) is 23.5 Å². The van der Waals surface area contributed by atoms with Crippen molar-refractivity contribution in [1.82, 2.24) is 10.2 Å². The second-order valence-corrected chi connectivity index (χ2v) is 7.17. The van der Waals surface area contributed by atoms with E-state index in [1.807, 2.05) is 7.05 Å². The van der Waals surface area contributed by atoms with E-state index in [1.165, 1.54) is 55.2 Å². The van der Waals surface area contributed by atoms with E-state index in [-0.39, 0.29) is 6.03 Å². The van der Waals surface area contributed by atoms with Gasteiger partial charge in [0.2, 0.25) is 0 Å². The summed E-state index contributed by atoms with van der Waals surface area (Å²) in [5, 5.41) is 3.04. The Morgan fingerprint density at radius 3 is 2.88 bits per heavy atom. The number of benzene rings is 1. The van der Waals surface area contributed by atoms with Crippen molar-refractivity contribution in [2.75, 3.05) is 20.2 Å². The average Bonchev–Trinajstić information content (AvgIpc) is 3.12. The number of ether oxygens (including phenoxy) is 1. The van der Waals surface area contributed by atoms with Gasteiger partial charge in [-0.2, -0.15) is 0 Å². The maximum atomic E-state index is 12.2. The standard InChI is InChI=1S/C20H30N2O2/c1-22(12-4-8-19-9-5-13-24-19)20(23)21-15-16-10-11-17-6-2-3-7-18(17)14-16/h10-11,14,19H,2-9,12-13,15H2,1H3,(H,21,23). The molecule has 0 saturated carbocycles. The lowest BCUT2D eigenvalue weighted by Crippen LogP contribution is -2.37. The van der Waals surface area contributed by atoms with Crippen LogP contribution in [-0.4, -0.2) is 37.2 Å². The Morgan fingerprint density at radius 2 is 2.08 bits per heavy atom. The molecule has 1 aromatic rings. The number of nitrogens with one attached hydrogen (secondary N) is 1. The molecule has 1 fully saturated rings. The van der Waals surface area contributed by atoms with Crippen LogP contribution in [0.2, 0.25) is 0 Å². The third-order valence-corrected chi connectivity index (χ3v) is 5.25. The first-order valence-electron chi connectivity index (χ1n) is 9.43. The molecule has 4 nitrogen and oxygen atoms in total. The van der Waals surface area contributed by atoms with E-state index in [9.17, 15) is 4.79 Å². The Morgan fingerprint density at radius 1 is 1.25 bits per heavy atom. The molecular weight excluding hydrogens is 300 g/mol. The molecule has 3 rings (SSSR count). The largest absolute Gasteiger partial charge is 0.378 e. The smallest absolute Gasteiger partial charge is 0.317 e. The predicted molar refractivity (Wildman–Crippen MR) is 96.2 cm³/mol. The summed E-state index contributed by atoms with van der Waals surface area (Å²) in [7, 11) is 1.87. The van der Waals surface area contributed by atoms with Crippen molar-refractivity contribution in [3.63, 3.8) is 0 Å². The molecule has 0 spiro atoms. The number of nitrogens with zero attached hydrogens (tertiary/aromatic N) is 1. The Labute approximate surface area is 145 Å². The van der Waals surface area contributed by atoms with Gasteiger partial charge in [-0.3, -0.25) is 0 Å². The fraction of sp³-hybridized carbons (Fsp3) is 0.650. The third-order valence-electron chi connectivity index (χ3n) is 5.25. The highest BCUT2D eigenvalue weighted by Gasteiger charge is 2.16. The highest BCUT2D eigenvalue weighted by Crippen LogP contribution is 2.22. The van der Waals surface area contributed by atoms with Gasteiger partial charge in [0.25, 0.3) is 0 Å². The van der Waals surface area contributed by atoms with Crippen LogP contribution in [0.4, 0.5) is 4.79 Å². The molecule has 0 bridgehead atoms. The maximum absolute atomic E-state index is 12.2. The van der Waals surface area contributed by atoms with E-state index in [0.29, 0.717) is 12.6 Å². The van der Waals surface area contributed by atoms with Crippen molar-refractivity contribution in [2.45, 2.75) is 64.0 Å². The molecule has 2 aliphatic rings. The highest BCUT2D eigenvalue weighted by atomic mass is 16.5. The summed E-state index contributed by atoms with van der Waals surface area (Å²) in [6.45, 7) is 2.31. The average molecular weight is 330 g/mol. The summed E-state index contributed by atoms with van der Waals surface area (Å²) < 4.78 is 5.63. The van der Waals surface area contributed by atoms with Crippen LogP contribution in [0.5, 0.6) is 0 Å². The van der Waals surface area contributed by atoms with Crippen LogP contribution >= 0.6 is 0 Å². The molecule has 1 saturated heterocycles. The van der Waals surface area contributed by atoms with Crippen LogP contribution in [0.1, 0.15) is 55.2 Å². The van der Waals surface area contributed by atoms with Gasteiger partial charge in [-0.05, 0) is 68.1 Å². The van der Waals surface area contributed by atoms with Gasteiger partial charge in [-0.25, -0.2) is 4.79 Å². The molecule has 0 aromatic heterocycles. The van der Waals surface area contributed by atoms with E-state index < -0.39 is 0 Å². The zero-order valence-electron chi connectivity index (χ0n) is 14.9. The molecule has 2 amide bonds. The van der Waals surface area contributed by atoms with Crippen LogP contribution in [0, 0.1) is 0 Å². The lowest BCUT2D eigenvalue weighted by atomic mass is 9.90. The lowest BCUT2D eigenvalue weighted by molar-refractivity contribution is 0.100. The number of urea groups is 1. The summed E-state index contributed by atoms with van der Waals surface area (Å²) >= 11 is 0. The predicted octanol–water partition coefficient (Wildman–Crippen LogP) is 3.67. The van der Waals surface area contributed by atoms with Crippen LogP contribution in [0.3, 0.4) is 0 Å². The molecule has 0 radical (unpaired) electrons. The second-order valence-electron chi connectivity index (χ2n) is 7.17. The first kappa shape index (κ1) is 17.3. The van der Waals surface area contributed by atoms with Crippen molar-refractivity contribution in [3.8, 4) is 0 Å². The zero-order valence-corrected chi connectivity index (χ0v) is 14.9. The Bertz CT molecular complexity index is 553. The van der Waals surface area contributed by atoms with Crippen molar-refractivity contribution in [1.29, 1.82) is 0 Å². The van der Waals surface area contributed by atoms with Crippen LogP contribution in [0.25, 0.3) is 0 Å². The van der Waals surface area contributed by atoms with Crippen LogP contribution < -0.4 is 5.32 Å². The molecule has 1 aliphatic carbocycles. The number of carbonyl (C=O) groups excluding carboxylic acids is 1. The summed E-state index contributed by atoms with van der Waals surface area (Å²) in [6.07, 6.45) is 9.81. The van der Waals surface area contributed by atoms with Crippen LogP contribution in [-0.2, 0) is 24.1 Å². The number of hydrogen-bond acceptors (Lipinski definition) is 2. The van der Waals surface area contributed by atoms with Crippen LogP contribution in [0.15, 0.2) is 18.2 Å². The molecule has 1 aliphatic heterocycles. The zero-order chi connectivity index (χ0) is 16.8. The number of carbonyl (C=O) groups is 1. The molecule has 1 aromatic carbocycles. The maximum Gasteiger partial charge on any atom is 0.317 e. The molecule has 1 heterocycles. The summed E-state index contributed by atoms with van der Waals surface area (Å²) in [4.78, 5) is 14.0. The molecule has 132 valence electrons. The van der Waals surface area contributed by atoms with E-state index in [0.717, 1.165) is 26.0 Å². The fourth-order valence-corrected chi connectivity index (χ4v) is 3.74. The van der Waals surface area contributed by atoms with Crippen molar-refractivity contribution in [2.24, 2.45) is 0 Å². The normalized spacial score (nSPS) is 19.8. The minimum Gasteiger partial charge on any atom is -0.378 e. The SMILES string of the molecule is CN(CCCC1CCCO1)C(=O)NCc1ccc2c(c1)CCCC2. The topological polar surface area (TPSA) is 41.6 Å². The second kappa shape index (κ2) is 8.52. The number of hydrogen-bond donors (Lipinski definition) is 1. The van der Waals surface area contributed by atoms with Crippen molar-refractivity contribution in [3.05, 3.63) is 34.9 Å². The summed E-state index contributed by atoms with van der Waals surface area (Å²) in [5.41, 5.74) is 4.16. The highest BCUT2D eigenvalue weighted by molar-refractivity contribution is 5.73. The van der Waals surface area contributed by atoms with Gasteiger partial charge in [0.1, 0.15) is 0 Å². The third kappa shape index (κ3) is 4.73. The summed E-state index contributed by atoms with van der Waals surface area (Å²) in [6, 6.07) is 6.68. The van der Waals surface area contributed by atoms with Gasteiger partial charge in [0.15, 0.2) is 0 Å². The number of rotatable bonds is 6. The van der Waals surface area contributed by atoms with E-state index in [4.69, 9.17) is 4.74 Å². The molecular formula is C20H30N2O2. The number of fused-ring (bicyclic) bond motifs is 1. The molecule has 1 N–H and O–H groups in total. The van der Waals surface area contributed by atoms with Crippen molar-refractivity contribution >= 4 is 6.03 Å². The van der Waals surface area contributed by atoms with Gasteiger partial charge >= 0.3 is 6.03 Å². The van der Waals surface area contributed by atoms with E-state index >= 15 is 0 Å². The fourth-order valence-electron chi connectivity index (χ4n) is 3.74. The summed E-state index contributed by atoms with van der Waals surface area (Å²) in [5.74, 6) is 0. The van der Waals surface area contributed by atoms with Gasteiger partial charge in [-0.15, -0.1) is 0 Å². The quantitative estimate of drug-likeness (QED) is 0.865. The molecule has 1 atom stereocenters. The molecule has 1 unspecified atom stereocenters. The Balaban J connectivity index is 1.39. The first-order valence-corrected chi connectivity index (χ1v) is 9.43. The van der Waals surface area contributed by atoms with Gasteiger partial charge < -0.3 is 15.0 Å². The minimum absolute atomic E-state index is 0.0139. The molecule has 4 heteroatoms. The molecule has 24 heavy (non-hydrogen) atoms. The number of amides is 2. The lowest BCUT2D eigenvalue weighted by Gasteiger charge is -2.20. The van der Waals surface area contributed by atoms with Gasteiger partial charge in [0, 0.05) is 26.7 Å². The Kier molecular flexibility index (Phi) is 6.13. The first-order chi connectivity index (χ1) is 11.7. The number of aryl methyl sites for hydroxylation is 2. The Hall–Kier alpha value is -1.55. The van der Waals surface area contributed by atoms with Crippen molar-refractivity contribution < 1.29 is 9.53 Å². The van der Waals surface area contributed by atoms with Gasteiger partial charge in [-0.1, -0.05) is 18.2 Å². The minimum atomic E-state index is 0.0139. The van der Waals surface area contributed by atoms with Gasteiger partial charge in [0.05, 0.1) is 6.10 Å².